The molecule has 0 bridgehead atoms. The Morgan fingerprint density at radius 3 is 2.57 bits per heavy atom. The van der Waals surface area contributed by atoms with E-state index in [-0.39, 0.29) is 5.91 Å². The van der Waals surface area contributed by atoms with Crippen molar-refractivity contribution in [1.82, 2.24) is 0 Å². The number of benzene rings is 1. The lowest BCUT2D eigenvalue weighted by atomic mass is 10.2. The molecule has 2 rings (SSSR count). The summed E-state index contributed by atoms with van der Waals surface area (Å²) >= 11 is 0. The number of hydrogen-bond acceptors (Lipinski definition) is 2. The number of rotatable bonds is 0. The number of fused-ring (bicyclic) bond motifs is 1. The number of nitrogens with one attached hydrogen (secondary N) is 1. The molecule has 0 radical (unpaired) electrons. The van der Waals surface area contributed by atoms with E-state index in [0.717, 1.165) is 18.2 Å². The molecule has 1 heterocycles. The van der Waals surface area contributed by atoms with Gasteiger partial charge in [0.25, 0.3) is 5.97 Å². The Hall–Kier alpha value is -1.84. The van der Waals surface area contributed by atoms with Crippen LogP contribution < -0.4 is 5.32 Å². The zero-order chi connectivity index (χ0) is 10.6. The first kappa shape index (κ1) is 10.2. The van der Waals surface area contributed by atoms with Gasteiger partial charge in [-0.2, -0.15) is 0 Å². The maximum Gasteiger partial charge on any atom is 0.300 e. The smallest absolute Gasteiger partial charge is 0.300 e. The zero-order valence-corrected chi connectivity index (χ0v) is 7.78. The highest BCUT2D eigenvalue weighted by atomic mass is 16.4. The van der Waals surface area contributed by atoms with Gasteiger partial charge >= 0.3 is 0 Å². The quantitative estimate of drug-likeness (QED) is 0.652. The average Bonchev–Trinajstić information content (AvgIpc) is 2.42. The van der Waals surface area contributed by atoms with Crippen LogP contribution in [0.1, 0.15) is 12.5 Å². The van der Waals surface area contributed by atoms with Crippen molar-refractivity contribution in [1.29, 1.82) is 0 Å². The van der Waals surface area contributed by atoms with Gasteiger partial charge in [0.1, 0.15) is 0 Å². The topological polar surface area (TPSA) is 66.4 Å². The average molecular weight is 193 g/mol. The Bertz CT molecular complexity index is 329. The Morgan fingerprint density at radius 2 is 2.00 bits per heavy atom. The molecule has 0 atom stereocenters. The molecule has 1 amide bonds. The van der Waals surface area contributed by atoms with Crippen molar-refractivity contribution >= 4 is 17.6 Å². The Balaban J connectivity index is 0.000000213. The van der Waals surface area contributed by atoms with E-state index in [4.69, 9.17) is 9.90 Å². The summed E-state index contributed by atoms with van der Waals surface area (Å²) in [5.74, 6) is -0.735. The Kier molecular flexibility index (Phi) is 3.23. The summed E-state index contributed by atoms with van der Waals surface area (Å²) in [6.45, 7) is 1.08. The van der Waals surface area contributed by atoms with Crippen LogP contribution in [0.25, 0.3) is 0 Å². The molecule has 4 nitrogen and oxygen atoms in total. The third-order valence-corrected chi connectivity index (χ3v) is 1.64. The second-order valence-electron chi connectivity index (χ2n) is 2.90. The Labute approximate surface area is 81.6 Å². The van der Waals surface area contributed by atoms with E-state index in [1.807, 2.05) is 24.3 Å². The third-order valence-electron chi connectivity index (χ3n) is 1.64. The minimum atomic E-state index is -0.833. The van der Waals surface area contributed by atoms with E-state index < -0.39 is 5.97 Å². The van der Waals surface area contributed by atoms with Gasteiger partial charge in [0.05, 0.1) is 6.42 Å². The molecule has 0 spiro atoms. The van der Waals surface area contributed by atoms with Crippen LogP contribution in [-0.2, 0) is 16.0 Å². The molecule has 0 saturated heterocycles. The van der Waals surface area contributed by atoms with Crippen molar-refractivity contribution in [3.8, 4) is 0 Å². The molecule has 74 valence electrons. The van der Waals surface area contributed by atoms with E-state index in [1.165, 1.54) is 0 Å². The van der Waals surface area contributed by atoms with E-state index in [9.17, 15) is 4.79 Å². The molecule has 4 heteroatoms. The first-order valence-electron chi connectivity index (χ1n) is 4.17. The molecule has 0 saturated carbocycles. The highest BCUT2D eigenvalue weighted by Crippen LogP contribution is 2.20. The number of hydrogen-bond donors (Lipinski definition) is 2. The molecule has 1 aliphatic heterocycles. The molecule has 1 aromatic carbocycles. The molecule has 1 aromatic rings. The fourth-order valence-electron chi connectivity index (χ4n) is 1.16. The first-order chi connectivity index (χ1) is 6.59. The second-order valence-corrected chi connectivity index (χ2v) is 2.90. The SMILES string of the molecule is CC(=O)O.O=C1Cc2ccccc2N1. The third kappa shape index (κ3) is 2.90. The molecule has 2 N–H and O–H groups in total. The first-order valence-corrected chi connectivity index (χ1v) is 4.17. The monoisotopic (exact) mass is 193 g/mol. The van der Waals surface area contributed by atoms with Crippen LogP contribution in [-0.4, -0.2) is 17.0 Å². The summed E-state index contributed by atoms with van der Waals surface area (Å²) in [7, 11) is 0. The number of aliphatic carboxylic acids is 1. The molecule has 0 aliphatic carbocycles. The van der Waals surface area contributed by atoms with Crippen molar-refractivity contribution < 1.29 is 14.7 Å². The van der Waals surface area contributed by atoms with Gasteiger partial charge in [-0.1, -0.05) is 18.2 Å². The fourth-order valence-corrected chi connectivity index (χ4v) is 1.16. The molecule has 0 fully saturated rings. The minimum absolute atomic E-state index is 0.0983. The zero-order valence-electron chi connectivity index (χ0n) is 7.78. The standard InChI is InChI=1S/C8H7NO.C2H4O2/c10-8-5-6-3-1-2-4-7(6)9-8;1-2(3)4/h1-4H,5H2,(H,9,10);1H3,(H,3,4). The lowest BCUT2D eigenvalue weighted by molar-refractivity contribution is -0.134. The summed E-state index contributed by atoms with van der Waals surface area (Å²) < 4.78 is 0. The van der Waals surface area contributed by atoms with Crippen LogP contribution in [0, 0.1) is 0 Å². The van der Waals surface area contributed by atoms with Gasteiger partial charge in [0.15, 0.2) is 0 Å². The molecule has 0 aromatic heterocycles. The fraction of sp³-hybridized carbons (Fsp3) is 0.200. The predicted octanol–water partition coefficient (Wildman–Crippen LogP) is 1.27. The van der Waals surface area contributed by atoms with Crippen LogP contribution in [0.2, 0.25) is 0 Å². The normalized spacial score (nSPS) is 12.2. The van der Waals surface area contributed by atoms with Crippen LogP contribution >= 0.6 is 0 Å². The van der Waals surface area contributed by atoms with Gasteiger partial charge in [0, 0.05) is 12.6 Å². The van der Waals surface area contributed by atoms with Crippen molar-refractivity contribution in [3.05, 3.63) is 29.8 Å². The number of amides is 1. The van der Waals surface area contributed by atoms with Crippen molar-refractivity contribution in [2.45, 2.75) is 13.3 Å². The minimum Gasteiger partial charge on any atom is -0.481 e. The lowest BCUT2D eigenvalue weighted by Crippen LogP contribution is -2.03. The van der Waals surface area contributed by atoms with E-state index in [1.54, 1.807) is 0 Å². The van der Waals surface area contributed by atoms with Gasteiger partial charge in [-0.3, -0.25) is 9.59 Å². The van der Waals surface area contributed by atoms with Gasteiger partial charge in [-0.05, 0) is 11.6 Å². The van der Waals surface area contributed by atoms with Crippen molar-refractivity contribution in [2.24, 2.45) is 0 Å². The largest absolute Gasteiger partial charge is 0.481 e. The summed E-state index contributed by atoms with van der Waals surface area (Å²) in [4.78, 5) is 19.8. The lowest BCUT2D eigenvalue weighted by Gasteiger charge is -1.93. The van der Waals surface area contributed by atoms with Crippen molar-refractivity contribution in [2.75, 3.05) is 5.32 Å². The molecular formula is C10H11NO3. The maximum atomic E-state index is 10.8. The molecule has 1 aliphatic rings. The summed E-state index contributed by atoms with van der Waals surface area (Å²) in [6, 6.07) is 7.75. The number of carbonyl (C=O) groups excluding carboxylic acids is 1. The summed E-state index contributed by atoms with van der Waals surface area (Å²) in [5.41, 5.74) is 2.07. The van der Waals surface area contributed by atoms with Crippen molar-refractivity contribution in [3.63, 3.8) is 0 Å². The van der Waals surface area contributed by atoms with Gasteiger partial charge in [-0.25, -0.2) is 0 Å². The molecule has 0 unspecified atom stereocenters. The summed E-state index contributed by atoms with van der Waals surface area (Å²) in [5, 5.41) is 10.2. The highest BCUT2D eigenvalue weighted by molar-refractivity contribution is 5.98. The van der Waals surface area contributed by atoms with Crippen LogP contribution in [0.15, 0.2) is 24.3 Å². The molecular weight excluding hydrogens is 182 g/mol. The van der Waals surface area contributed by atoms with Gasteiger partial charge < -0.3 is 10.4 Å². The van der Waals surface area contributed by atoms with E-state index >= 15 is 0 Å². The van der Waals surface area contributed by atoms with Crippen LogP contribution in [0.4, 0.5) is 5.69 Å². The predicted molar refractivity (Wildman–Crippen MR) is 52.1 cm³/mol. The number of carboxylic acid groups (broad SMARTS) is 1. The van der Waals surface area contributed by atoms with Crippen LogP contribution in [0.3, 0.4) is 0 Å². The van der Waals surface area contributed by atoms with E-state index in [2.05, 4.69) is 5.32 Å². The highest BCUT2D eigenvalue weighted by Gasteiger charge is 2.15. The maximum absolute atomic E-state index is 10.8. The van der Waals surface area contributed by atoms with Crippen LogP contribution in [0.5, 0.6) is 0 Å². The number of para-hydroxylation sites is 1. The molecule has 14 heavy (non-hydrogen) atoms. The van der Waals surface area contributed by atoms with Gasteiger partial charge in [-0.15, -0.1) is 0 Å². The number of carbonyl (C=O) groups is 2. The van der Waals surface area contributed by atoms with Gasteiger partial charge in [0.2, 0.25) is 5.91 Å². The summed E-state index contributed by atoms with van der Waals surface area (Å²) in [6.07, 6.45) is 0.538. The second kappa shape index (κ2) is 4.41. The number of carboxylic acids is 1. The number of anilines is 1. The van der Waals surface area contributed by atoms with E-state index in [0.29, 0.717) is 6.42 Å². The Morgan fingerprint density at radius 1 is 1.43 bits per heavy atom.